The summed E-state index contributed by atoms with van der Waals surface area (Å²) < 4.78 is 5.51. The van der Waals surface area contributed by atoms with Crippen molar-refractivity contribution in [3.63, 3.8) is 0 Å². The maximum atomic E-state index is 12.2. The fourth-order valence-corrected chi connectivity index (χ4v) is 3.86. The van der Waals surface area contributed by atoms with E-state index in [1.165, 1.54) is 0 Å². The van der Waals surface area contributed by atoms with Crippen LogP contribution in [0.2, 0.25) is 0 Å². The van der Waals surface area contributed by atoms with Gasteiger partial charge in [0.15, 0.2) is 0 Å². The molecule has 4 heteroatoms. The third-order valence-electron chi connectivity index (χ3n) is 4.95. The van der Waals surface area contributed by atoms with E-state index >= 15 is 0 Å². The van der Waals surface area contributed by atoms with Gasteiger partial charge in [0.2, 0.25) is 5.91 Å². The molecule has 1 amide bonds. The van der Waals surface area contributed by atoms with E-state index in [1.807, 2.05) is 0 Å². The molecule has 106 valence electrons. The van der Waals surface area contributed by atoms with Gasteiger partial charge in [0.25, 0.3) is 0 Å². The van der Waals surface area contributed by atoms with Gasteiger partial charge < -0.3 is 10.1 Å². The number of carbonyl (C=O) groups is 2. The maximum Gasteiger partial charge on any atom is 0.223 e. The van der Waals surface area contributed by atoms with Crippen molar-refractivity contribution in [1.82, 2.24) is 5.32 Å². The van der Waals surface area contributed by atoms with Gasteiger partial charge in [0.05, 0.1) is 6.10 Å². The molecule has 0 aromatic heterocycles. The van der Waals surface area contributed by atoms with Crippen LogP contribution in [0, 0.1) is 17.8 Å². The van der Waals surface area contributed by atoms with Crippen LogP contribution in [-0.2, 0) is 14.3 Å². The molecule has 1 heterocycles. The van der Waals surface area contributed by atoms with E-state index in [0.29, 0.717) is 12.3 Å². The third kappa shape index (κ3) is 2.83. The van der Waals surface area contributed by atoms with E-state index in [-0.39, 0.29) is 29.8 Å². The van der Waals surface area contributed by atoms with Crippen molar-refractivity contribution in [3.8, 4) is 0 Å². The topological polar surface area (TPSA) is 55.4 Å². The third-order valence-corrected chi connectivity index (χ3v) is 4.95. The molecule has 2 saturated carbocycles. The predicted molar refractivity (Wildman–Crippen MR) is 70.5 cm³/mol. The molecule has 4 atom stereocenters. The van der Waals surface area contributed by atoms with E-state index < -0.39 is 0 Å². The van der Waals surface area contributed by atoms with Gasteiger partial charge in [-0.15, -0.1) is 0 Å². The molecule has 3 rings (SSSR count). The minimum absolute atomic E-state index is 0.0504. The standard InChI is InChI=1S/C15H23NO3/c17-14-10-3-1-4-11(14)8-12(7-10)15(18)16-9-13-5-2-6-19-13/h10-13H,1-9H2,(H,16,18)/t10-,11+,12?,13-/m1/s1. The molecular weight excluding hydrogens is 242 g/mol. The number of ether oxygens (including phenoxy) is 1. The number of hydrogen-bond acceptors (Lipinski definition) is 3. The Kier molecular flexibility index (Phi) is 3.87. The van der Waals surface area contributed by atoms with Crippen LogP contribution in [0.4, 0.5) is 0 Å². The highest BCUT2D eigenvalue weighted by Gasteiger charge is 2.41. The number of rotatable bonds is 3. The highest BCUT2D eigenvalue weighted by Crippen LogP contribution is 2.40. The van der Waals surface area contributed by atoms with Gasteiger partial charge in [-0.1, -0.05) is 6.42 Å². The van der Waals surface area contributed by atoms with Crippen LogP contribution in [0.5, 0.6) is 0 Å². The summed E-state index contributed by atoms with van der Waals surface area (Å²) in [6.45, 7) is 1.46. The molecule has 0 aromatic rings. The number of carbonyl (C=O) groups excluding carboxylic acids is 2. The molecule has 1 aliphatic heterocycles. The first-order chi connectivity index (χ1) is 9.24. The average Bonchev–Trinajstić information content (AvgIpc) is 2.88. The van der Waals surface area contributed by atoms with E-state index in [2.05, 4.69) is 5.32 Å². The summed E-state index contributed by atoms with van der Waals surface area (Å²) >= 11 is 0. The van der Waals surface area contributed by atoms with Crippen molar-refractivity contribution >= 4 is 11.7 Å². The van der Waals surface area contributed by atoms with E-state index in [0.717, 1.165) is 51.6 Å². The molecule has 1 N–H and O–H groups in total. The fourth-order valence-electron chi connectivity index (χ4n) is 3.86. The molecule has 2 aliphatic carbocycles. The summed E-state index contributed by atoms with van der Waals surface area (Å²) in [5, 5.41) is 3.02. The number of amides is 1. The van der Waals surface area contributed by atoms with Crippen molar-refractivity contribution in [2.45, 2.75) is 51.0 Å². The van der Waals surface area contributed by atoms with Gasteiger partial charge in [0, 0.05) is 30.9 Å². The molecule has 3 fully saturated rings. The molecular formula is C15H23NO3. The van der Waals surface area contributed by atoms with Gasteiger partial charge >= 0.3 is 0 Å². The van der Waals surface area contributed by atoms with Crippen LogP contribution in [0.3, 0.4) is 0 Å². The first-order valence-corrected chi connectivity index (χ1v) is 7.67. The van der Waals surface area contributed by atoms with Crippen molar-refractivity contribution in [2.24, 2.45) is 17.8 Å². The lowest BCUT2D eigenvalue weighted by atomic mass is 9.67. The number of fused-ring (bicyclic) bond motifs is 2. The summed E-state index contributed by atoms with van der Waals surface area (Å²) in [4.78, 5) is 24.2. The quantitative estimate of drug-likeness (QED) is 0.844. The van der Waals surface area contributed by atoms with E-state index in [9.17, 15) is 9.59 Å². The Morgan fingerprint density at radius 1 is 1.16 bits per heavy atom. The first kappa shape index (κ1) is 13.1. The molecule has 1 saturated heterocycles. The molecule has 1 unspecified atom stereocenters. The molecule has 3 aliphatic rings. The lowest BCUT2D eigenvalue weighted by Crippen LogP contribution is -2.44. The molecule has 19 heavy (non-hydrogen) atoms. The number of hydrogen-bond donors (Lipinski definition) is 1. The Bertz CT molecular complexity index is 346. The number of nitrogens with one attached hydrogen (secondary N) is 1. The summed E-state index contributed by atoms with van der Waals surface area (Å²) in [6, 6.07) is 0. The Labute approximate surface area is 114 Å². The van der Waals surface area contributed by atoms with Crippen LogP contribution in [0.25, 0.3) is 0 Å². The zero-order chi connectivity index (χ0) is 13.2. The van der Waals surface area contributed by atoms with Crippen LogP contribution in [0.1, 0.15) is 44.9 Å². The van der Waals surface area contributed by atoms with Crippen LogP contribution in [0.15, 0.2) is 0 Å². The predicted octanol–water partition coefficient (Wildman–Crippen LogP) is 1.68. The van der Waals surface area contributed by atoms with E-state index in [1.54, 1.807) is 0 Å². The minimum Gasteiger partial charge on any atom is -0.376 e. The number of ketones is 1. The minimum atomic E-state index is 0.0504. The largest absolute Gasteiger partial charge is 0.376 e. The number of Topliss-reactive ketones (excluding diaryl/α,β-unsaturated/α-hetero) is 1. The Morgan fingerprint density at radius 2 is 1.89 bits per heavy atom. The average molecular weight is 265 g/mol. The first-order valence-electron chi connectivity index (χ1n) is 7.67. The second-order valence-corrected chi connectivity index (χ2v) is 6.28. The SMILES string of the molecule is O=C(NC[C@H]1CCCO1)C1C[C@H]2CCC[C@@H](C1)C2=O. The molecule has 0 radical (unpaired) electrons. The molecule has 4 nitrogen and oxygen atoms in total. The zero-order valence-electron chi connectivity index (χ0n) is 11.4. The van der Waals surface area contributed by atoms with Crippen molar-refractivity contribution in [2.75, 3.05) is 13.2 Å². The fraction of sp³-hybridized carbons (Fsp3) is 0.867. The Hall–Kier alpha value is -0.900. The highest BCUT2D eigenvalue weighted by atomic mass is 16.5. The van der Waals surface area contributed by atoms with Crippen LogP contribution < -0.4 is 5.32 Å². The smallest absolute Gasteiger partial charge is 0.223 e. The Balaban J connectivity index is 1.51. The van der Waals surface area contributed by atoms with Crippen LogP contribution >= 0.6 is 0 Å². The summed E-state index contributed by atoms with van der Waals surface area (Å²) in [5.74, 6) is 0.931. The summed E-state index contributed by atoms with van der Waals surface area (Å²) in [6.07, 6.45) is 7.03. The second-order valence-electron chi connectivity index (χ2n) is 6.28. The van der Waals surface area contributed by atoms with E-state index in [4.69, 9.17) is 4.74 Å². The molecule has 0 aromatic carbocycles. The zero-order valence-corrected chi connectivity index (χ0v) is 11.4. The monoisotopic (exact) mass is 265 g/mol. The molecule has 0 spiro atoms. The van der Waals surface area contributed by atoms with Crippen molar-refractivity contribution < 1.29 is 14.3 Å². The Morgan fingerprint density at radius 3 is 2.53 bits per heavy atom. The van der Waals surface area contributed by atoms with Crippen molar-refractivity contribution in [3.05, 3.63) is 0 Å². The summed E-state index contributed by atoms with van der Waals surface area (Å²) in [7, 11) is 0. The lowest BCUT2D eigenvalue weighted by molar-refractivity contribution is -0.137. The normalized spacial score (nSPS) is 38.2. The van der Waals surface area contributed by atoms with Gasteiger partial charge in [-0.2, -0.15) is 0 Å². The highest BCUT2D eigenvalue weighted by molar-refractivity contribution is 5.88. The molecule has 2 bridgehead atoms. The maximum absolute atomic E-state index is 12.2. The lowest BCUT2D eigenvalue weighted by Gasteiger charge is -2.37. The van der Waals surface area contributed by atoms with Crippen molar-refractivity contribution in [1.29, 1.82) is 0 Å². The van der Waals surface area contributed by atoms with Gasteiger partial charge in [-0.05, 0) is 38.5 Å². The second kappa shape index (κ2) is 5.61. The van der Waals surface area contributed by atoms with Gasteiger partial charge in [-0.25, -0.2) is 0 Å². The van der Waals surface area contributed by atoms with Gasteiger partial charge in [0.1, 0.15) is 5.78 Å². The van der Waals surface area contributed by atoms with Crippen LogP contribution in [-0.4, -0.2) is 30.9 Å². The summed E-state index contributed by atoms with van der Waals surface area (Å²) in [5.41, 5.74) is 0. The van der Waals surface area contributed by atoms with Gasteiger partial charge in [-0.3, -0.25) is 9.59 Å².